The van der Waals surface area contributed by atoms with Crippen LogP contribution in [0.5, 0.6) is 5.75 Å². The van der Waals surface area contributed by atoms with Crippen molar-refractivity contribution in [3.05, 3.63) is 40.8 Å². The molecule has 1 fully saturated rings. The van der Waals surface area contributed by atoms with Crippen molar-refractivity contribution in [1.29, 1.82) is 0 Å². The van der Waals surface area contributed by atoms with Gasteiger partial charge in [0.2, 0.25) is 0 Å². The third kappa shape index (κ3) is 3.43. The lowest BCUT2D eigenvalue weighted by Crippen LogP contribution is -2.20. The van der Waals surface area contributed by atoms with Gasteiger partial charge in [-0.3, -0.25) is 4.79 Å². The average molecular weight is 347 g/mol. The van der Waals surface area contributed by atoms with Gasteiger partial charge in [0.1, 0.15) is 17.3 Å². The van der Waals surface area contributed by atoms with Gasteiger partial charge < -0.3 is 15.0 Å². The number of aryl methyl sites for hydroxylation is 1. The van der Waals surface area contributed by atoms with Crippen molar-refractivity contribution >= 4 is 29.0 Å². The quantitative estimate of drug-likeness (QED) is 0.920. The number of halogens is 1. The number of hydrogen-bond donors (Lipinski definition) is 1. The van der Waals surface area contributed by atoms with E-state index in [0.717, 1.165) is 24.5 Å². The Labute approximate surface area is 145 Å². The summed E-state index contributed by atoms with van der Waals surface area (Å²) >= 11 is 6.08. The van der Waals surface area contributed by atoms with E-state index in [-0.39, 0.29) is 11.6 Å². The molecule has 0 unspecified atom stereocenters. The Kier molecular flexibility index (Phi) is 4.85. The first-order chi connectivity index (χ1) is 11.6. The van der Waals surface area contributed by atoms with Crippen LogP contribution in [0.4, 0.5) is 11.5 Å². The molecule has 0 saturated carbocycles. The zero-order valence-electron chi connectivity index (χ0n) is 13.7. The summed E-state index contributed by atoms with van der Waals surface area (Å²) in [6.07, 6.45) is 5.47. The molecule has 0 bridgehead atoms. The number of rotatable bonds is 4. The molecule has 0 spiro atoms. The molecular weight excluding hydrogens is 328 g/mol. The first-order valence-electron chi connectivity index (χ1n) is 7.81. The number of methoxy groups -OCH3 is 1. The first kappa shape index (κ1) is 16.5. The van der Waals surface area contributed by atoms with E-state index in [2.05, 4.69) is 20.2 Å². The number of anilines is 2. The van der Waals surface area contributed by atoms with Crippen molar-refractivity contribution < 1.29 is 9.53 Å². The van der Waals surface area contributed by atoms with E-state index in [1.165, 1.54) is 26.1 Å². The number of benzene rings is 1. The van der Waals surface area contributed by atoms with E-state index < -0.39 is 0 Å². The zero-order valence-corrected chi connectivity index (χ0v) is 14.4. The Bertz CT molecular complexity index is 743. The Morgan fingerprint density at radius 2 is 2.00 bits per heavy atom. The number of carbonyl (C=O) groups is 1. The molecule has 126 valence electrons. The summed E-state index contributed by atoms with van der Waals surface area (Å²) in [6, 6.07) is 3.44. The van der Waals surface area contributed by atoms with Crippen LogP contribution in [-0.2, 0) is 0 Å². The fraction of sp³-hybridized carbons (Fsp3) is 0.353. The molecule has 0 atom stereocenters. The van der Waals surface area contributed by atoms with E-state index in [1.807, 2.05) is 6.92 Å². The van der Waals surface area contributed by atoms with Crippen LogP contribution in [-0.4, -0.2) is 36.1 Å². The summed E-state index contributed by atoms with van der Waals surface area (Å²) in [5.74, 6) is 0.972. The van der Waals surface area contributed by atoms with Crippen LogP contribution >= 0.6 is 11.6 Å². The summed E-state index contributed by atoms with van der Waals surface area (Å²) < 4.78 is 5.26. The van der Waals surface area contributed by atoms with Crippen LogP contribution in [0.2, 0.25) is 5.02 Å². The number of amides is 1. The second-order valence-corrected chi connectivity index (χ2v) is 6.12. The van der Waals surface area contributed by atoms with Gasteiger partial charge in [-0.1, -0.05) is 11.6 Å². The fourth-order valence-corrected chi connectivity index (χ4v) is 2.82. The molecule has 1 amide bonds. The van der Waals surface area contributed by atoms with Crippen LogP contribution in [0, 0.1) is 6.92 Å². The summed E-state index contributed by atoms with van der Waals surface area (Å²) in [5.41, 5.74) is 1.66. The van der Waals surface area contributed by atoms with Crippen molar-refractivity contribution in [3.8, 4) is 5.75 Å². The van der Waals surface area contributed by atoms with Crippen LogP contribution in [0.15, 0.2) is 24.5 Å². The van der Waals surface area contributed by atoms with E-state index >= 15 is 0 Å². The van der Waals surface area contributed by atoms with Crippen molar-refractivity contribution in [1.82, 2.24) is 9.97 Å². The van der Waals surface area contributed by atoms with Crippen molar-refractivity contribution in [3.63, 3.8) is 0 Å². The number of hydrogen-bond acceptors (Lipinski definition) is 5. The highest BCUT2D eigenvalue weighted by Crippen LogP contribution is 2.31. The summed E-state index contributed by atoms with van der Waals surface area (Å²) in [6.45, 7) is 3.84. The normalized spacial score (nSPS) is 13.9. The molecule has 6 nitrogen and oxygen atoms in total. The minimum Gasteiger partial charge on any atom is -0.495 e. The highest BCUT2D eigenvalue weighted by atomic mass is 35.5. The van der Waals surface area contributed by atoms with E-state index in [0.29, 0.717) is 16.5 Å². The van der Waals surface area contributed by atoms with Crippen LogP contribution < -0.4 is 15.0 Å². The lowest BCUT2D eigenvalue weighted by Gasteiger charge is -2.15. The Hall–Kier alpha value is -2.34. The maximum atomic E-state index is 12.4. The van der Waals surface area contributed by atoms with Crippen LogP contribution in [0.3, 0.4) is 0 Å². The fourth-order valence-electron chi connectivity index (χ4n) is 2.66. The van der Waals surface area contributed by atoms with Gasteiger partial charge in [-0.25, -0.2) is 9.97 Å². The summed E-state index contributed by atoms with van der Waals surface area (Å²) in [7, 11) is 1.53. The SMILES string of the molecule is COc1cc(Cl)c(C)cc1NC(=O)c1cnc(N2CCCC2)cn1. The maximum Gasteiger partial charge on any atom is 0.275 e. The maximum absolute atomic E-state index is 12.4. The van der Waals surface area contributed by atoms with Gasteiger partial charge in [0.25, 0.3) is 5.91 Å². The number of nitrogens with zero attached hydrogens (tertiary/aromatic N) is 3. The number of nitrogens with one attached hydrogen (secondary N) is 1. The summed E-state index contributed by atoms with van der Waals surface area (Å²) in [5, 5.41) is 3.38. The molecule has 2 aromatic rings. The largest absolute Gasteiger partial charge is 0.495 e. The molecule has 3 rings (SSSR count). The highest BCUT2D eigenvalue weighted by Gasteiger charge is 2.16. The van der Waals surface area contributed by atoms with Gasteiger partial charge in [-0.2, -0.15) is 0 Å². The van der Waals surface area contributed by atoms with E-state index in [9.17, 15) is 4.79 Å². The smallest absolute Gasteiger partial charge is 0.275 e. The molecule has 24 heavy (non-hydrogen) atoms. The van der Waals surface area contributed by atoms with E-state index in [1.54, 1.807) is 18.3 Å². The van der Waals surface area contributed by atoms with Crippen LogP contribution in [0.25, 0.3) is 0 Å². The molecule has 1 aliphatic rings. The highest BCUT2D eigenvalue weighted by molar-refractivity contribution is 6.31. The molecule has 7 heteroatoms. The van der Waals surface area contributed by atoms with Gasteiger partial charge >= 0.3 is 0 Å². The average Bonchev–Trinajstić information content (AvgIpc) is 3.12. The third-order valence-electron chi connectivity index (χ3n) is 4.03. The second kappa shape index (κ2) is 7.05. The van der Waals surface area contributed by atoms with Gasteiger partial charge in [-0.05, 0) is 31.4 Å². The molecule has 1 aliphatic heterocycles. The molecule has 0 radical (unpaired) electrons. The zero-order chi connectivity index (χ0) is 17.1. The molecule has 1 aromatic carbocycles. The molecule has 0 aliphatic carbocycles. The topological polar surface area (TPSA) is 67.3 Å². The van der Waals surface area contributed by atoms with Gasteiger partial charge in [0.05, 0.1) is 25.2 Å². The predicted molar refractivity (Wildman–Crippen MR) is 94.2 cm³/mol. The van der Waals surface area contributed by atoms with Crippen LogP contribution in [0.1, 0.15) is 28.9 Å². The molecule has 1 aromatic heterocycles. The third-order valence-corrected chi connectivity index (χ3v) is 4.44. The van der Waals surface area contributed by atoms with Gasteiger partial charge in [-0.15, -0.1) is 0 Å². The van der Waals surface area contributed by atoms with Crippen molar-refractivity contribution in [2.24, 2.45) is 0 Å². The Morgan fingerprint density at radius 3 is 2.62 bits per heavy atom. The Balaban J connectivity index is 1.76. The standard InChI is InChI=1S/C17H19ClN4O2/c1-11-7-13(15(24-2)8-12(11)18)21-17(23)14-9-20-16(10-19-14)22-5-3-4-6-22/h7-10H,3-6H2,1-2H3,(H,21,23). The lowest BCUT2D eigenvalue weighted by molar-refractivity contribution is 0.102. The molecule has 1 N–H and O–H groups in total. The number of carbonyl (C=O) groups excluding carboxylic acids is 1. The molecular formula is C17H19ClN4O2. The van der Waals surface area contributed by atoms with Gasteiger partial charge in [0, 0.05) is 24.2 Å². The molecule has 1 saturated heterocycles. The monoisotopic (exact) mass is 346 g/mol. The molecule has 2 heterocycles. The van der Waals surface area contributed by atoms with Crippen molar-refractivity contribution in [2.45, 2.75) is 19.8 Å². The Morgan fingerprint density at radius 1 is 1.25 bits per heavy atom. The number of aromatic nitrogens is 2. The number of ether oxygens (including phenoxy) is 1. The van der Waals surface area contributed by atoms with E-state index in [4.69, 9.17) is 16.3 Å². The first-order valence-corrected chi connectivity index (χ1v) is 8.19. The minimum absolute atomic E-state index is 0.257. The predicted octanol–water partition coefficient (Wildman–Crippen LogP) is 3.30. The minimum atomic E-state index is -0.338. The lowest BCUT2D eigenvalue weighted by atomic mass is 10.2. The second-order valence-electron chi connectivity index (χ2n) is 5.71. The summed E-state index contributed by atoms with van der Waals surface area (Å²) in [4.78, 5) is 23.1. The van der Waals surface area contributed by atoms with Crippen molar-refractivity contribution in [2.75, 3.05) is 30.4 Å². The van der Waals surface area contributed by atoms with Gasteiger partial charge in [0.15, 0.2) is 0 Å².